The Kier molecular flexibility index (Phi) is 5.77. The van der Waals surface area contributed by atoms with Crippen LogP contribution in [-0.2, 0) is 4.79 Å². The van der Waals surface area contributed by atoms with Crippen molar-refractivity contribution in [1.82, 2.24) is 15.5 Å². The van der Waals surface area contributed by atoms with Gasteiger partial charge in [-0.3, -0.25) is 4.79 Å². The molecule has 0 aromatic carbocycles. The summed E-state index contributed by atoms with van der Waals surface area (Å²) in [6.07, 6.45) is 4.81. The Morgan fingerprint density at radius 1 is 1.38 bits per heavy atom. The van der Waals surface area contributed by atoms with Crippen molar-refractivity contribution in [2.75, 3.05) is 27.2 Å². The number of amides is 1. The molecule has 1 atom stereocenters. The van der Waals surface area contributed by atoms with Gasteiger partial charge < -0.3 is 15.5 Å². The highest BCUT2D eigenvalue weighted by Gasteiger charge is 2.19. The topological polar surface area (TPSA) is 44.4 Å². The Balaban J connectivity index is 2.14. The van der Waals surface area contributed by atoms with Crippen LogP contribution in [0.4, 0.5) is 0 Å². The summed E-state index contributed by atoms with van der Waals surface area (Å²) in [6.45, 7) is 3.74. The van der Waals surface area contributed by atoms with Crippen LogP contribution < -0.4 is 10.6 Å². The molecular weight excluding hydrogens is 202 g/mol. The predicted octanol–water partition coefficient (Wildman–Crippen LogP) is 0.585. The van der Waals surface area contributed by atoms with Gasteiger partial charge in [-0.15, -0.1) is 0 Å². The van der Waals surface area contributed by atoms with E-state index < -0.39 is 0 Å². The third kappa shape index (κ3) is 4.94. The van der Waals surface area contributed by atoms with Crippen molar-refractivity contribution in [1.29, 1.82) is 0 Å². The van der Waals surface area contributed by atoms with Gasteiger partial charge in [0.15, 0.2) is 0 Å². The molecule has 1 amide bonds. The fourth-order valence-electron chi connectivity index (χ4n) is 1.99. The van der Waals surface area contributed by atoms with E-state index >= 15 is 0 Å². The first-order chi connectivity index (χ1) is 7.59. The Hall–Kier alpha value is -0.610. The number of nitrogens with one attached hydrogen (secondary N) is 2. The van der Waals surface area contributed by atoms with Crippen molar-refractivity contribution >= 4 is 5.91 Å². The first kappa shape index (κ1) is 13.5. The van der Waals surface area contributed by atoms with Gasteiger partial charge >= 0.3 is 0 Å². The van der Waals surface area contributed by atoms with Crippen LogP contribution >= 0.6 is 0 Å². The van der Waals surface area contributed by atoms with Crippen LogP contribution in [0.15, 0.2) is 0 Å². The van der Waals surface area contributed by atoms with E-state index in [9.17, 15) is 4.79 Å². The molecule has 0 aromatic rings. The van der Waals surface area contributed by atoms with Crippen LogP contribution in [-0.4, -0.2) is 50.1 Å². The zero-order valence-electron chi connectivity index (χ0n) is 10.8. The summed E-state index contributed by atoms with van der Waals surface area (Å²) in [5.41, 5.74) is 0. The van der Waals surface area contributed by atoms with Crippen LogP contribution in [0.2, 0.25) is 0 Å². The molecule has 0 heterocycles. The number of carbonyl (C=O) groups excluding carboxylic acids is 1. The molecule has 2 N–H and O–H groups in total. The number of nitrogens with zero attached hydrogens (tertiary/aromatic N) is 1. The van der Waals surface area contributed by atoms with Crippen LogP contribution in [0.25, 0.3) is 0 Å². The van der Waals surface area contributed by atoms with Gasteiger partial charge in [-0.25, -0.2) is 0 Å². The van der Waals surface area contributed by atoms with E-state index in [2.05, 4.69) is 15.5 Å². The van der Waals surface area contributed by atoms with E-state index in [0.29, 0.717) is 6.04 Å². The molecule has 4 heteroatoms. The van der Waals surface area contributed by atoms with Crippen LogP contribution in [0, 0.1) is 0 Å². The van der Waals surface area contributed by atoms with Crippen molar-refractivity contribution in [2.24, 2.45) is 0 Å². The molecule has 1 rings (SSSR count). The van der Waals surface area contributed by atoms with E-state index in [1.165, 1.54) is 12.8 Å². The maximum Gasteiger partial charge on any atom is 0.237 e. The minimum Gasteiger partial charge on any atom is -0.352 e. The van der Waals surface area contributed by atoms with E-state index in [0.717, 1.165) is 25.9 Å². The lowest BCUT2D eigenvalue weighted by Crippen LogP contribution is -2.46. The molecule has 94 valence electrons. The lowest BCUT2D eigenvalue weighted by atomic mass is 10.2. The van der Waals surface area contributed by atoms with E-state index in [1.54, 1.807) is 0 Å². The fraction of sp³-hybridized carbons (Fsp3) is 0.917. The average molecular weight is 227 g/mol. The SMILES string of the molecule is CC(NCCN(C)C)C(=O)NC1CCCC1. The van der Waals surface area contributed by atoms with Crippen molar-refractivity contribution in [3.8, 4) is 0 Å². The second-order valence-corrected chi connectivity index (χ2v) is 4.97. The summed E-state index contributed by atoms with van der Waals surface area (Å²) in [4.78, 5) is 13.9. The lowest BCUT2D eigenvalue weighted by molar-refractivity contribution is -0.123. The molecule has 0 aromatic heterocycles. The fourth-order valence-corrected chi connectivity index (χ4v) is 1.99. The number of hydrogen-bond donors (Lipinski definition) is 2. The molecule has 1 fully saturated rings. The molecule has 0 spiro atoms. The summed E-state index contributed by atoms with van der Waals surface area (Å²) in [7, 11) is 4.07. The summed E-state index contributed by atoms with van der Waals surface area (Å²) in [5.74, 6) is 0.144. The van der Waals surface area contributed by atoms with Gasteiger partial charge in [-0.05, 0) is 33.9 Å². The summed E-state index contributed by atoms with van der Waals surface area (Å²) < 4.78 is 0. The van der Waals surface area contributed by atoms with E-state index in [4.69, 9.17) is 0 Å². The van der Waals surface area contributed by atoms with Gasteiger partial charge in [0.2, 0.25) is 5.91 Å². The minimum atomic E-state index is -0.0828. The third-order valence-electron chi connectivity index (χ3n) is 3.10. The van der Waals surface area contributed by atoms with Crippen molar-refractivity contribution in [3.05, 3.63) is 0 Å². The largest absolute Gasteiger partial charge is 0.352 e. The molecule has 1 unspecified atom stereocenters. The van der Waals surface area contributed by atoms with Crippen molar-refractivity contribution in [2.45, 2.75) is 44.7 Å². The molecular formula is C12H25N3O. The number of likely N-dealkylation sites (N-methyl/N-ethyl adjacent to an activating group) is 1. The smallest absolute Gasteiger partial charge is 0.237 e. The lowest BCUT2D eigenvalue weighted by Gasteiger charge is -2.18. The molecule has 1 aliphatic carbocycles. The van der Waals surface area contributed by atoms with Crippen molar-refractivity contribution in [3.63, 3.8) is 0 Å². The molecule has 0 saturated heterocycles. The maximum atomic E-state index is 11.8. The van der Waals surface area contributed by atoms with Crippen molar-refractivity contribution < 1.29 is 4.79 Å². The zero-order valence-corrected chi connectivity index (χ0v) is 10.8. The van der Waals surface area contributed by atoms with Gasteiger partial charge in [0.05, 0.1) is 6.04 Å². The van der Waals surface area contributed by atoms with Gasteiger partial charge in [0, 0.05) is 19.1 Å². The standard InChI is InChI=1S/C12H25N3O/c1-10(13-8-9-15(2)3)12(16)14-11-6-4-5-7-11/h10-11,13H,4-9H2,1-3H3,(H,14,16). The zero-order chi connectivity index (χ0) is 12.0. The first-order valence-corrected chi connectivity index (χ1v) is 6.28. The van der Waals surface area contributed by atoms with Gasteiger partial charge in [0.1, 0.15) is 0 Å². The van der Waals surface area contributed by atoms with Crippen LogP contribution in [0.1, 0.15) is 32.6 Å². The Labute approximate surface area is 98.8 Å². The van der Waals surface area contributed by atoms with E-state index in [-0.39, 0.29) is 11.9 Å². The highest BCUT2D eigenvalue weighted by atomic mass is 16.2. The van der Waals surface area contributed by atoms with Gasteiger partial charge in [0.25, 0.3) is 0 Å². The normalized spacial score (nSPS) is 19.0. The van der Waals surface area contributed by atoms with E-state index in [1.807, 2.05) is 21.0 Å². The molecule has 0 bridgehead atoms. The summed E-state index contributed by atoms with van der Waals surface area (Å²) >= 11 is 0. The second kappa shape index (κ2) is 6.86. The van der Waals surface area contributed by atoms with Crippen LogP contribution in [0.5, 0.6) is 0 Å². The second-order valence-electron chi connectivity index (χ2n) is 4.97. The monoisotopic (exact) mass is 227 g/mol. The summed E-state index contributed by atoms with van der Waals surface area (Å²) in [6, 6.07) is 0.339. The Bertz CT molecular complexity index is 212. The number of carbonyl (C=O) groups is 1. The van der Waals surface area contributed by atoms with Gasteiger partial charge in [-0.1, -0.05) is 12.8 Å². The third-order valence-corrected chi connectivity index (χ3v) is 3.10. The average Bonchev–Trinajstić information content (AvgIpc) is 2.69. The Morgan fingerprint density at radius 2 is 2.00 bits per heavy atom. The van der Waals surface area contributed by atoms with Crippen LogP contribution in [0.3, 0.4) is 0 Å². The summed E-state index contributed by atoms with van der Waals surface area (Å²) in [5, 5.41) is 6.34. The first-order valence-electron chi connectivity index (χ1n) is 6.28. The highest BCUT2D eigenvalue weighted by molar-refractivity contribution is 5.81. The maximum absolute atomic E-state index is 11.8. The quantitative estimate of drug-likeness (QED) is 0.698. The molecule has 0 aliphatic heterocycles. The van der Waals surface area contributed by atoms with Gasteiger partial charge in [-0.2, -0.15) is 0 Å². The molecule has 16 heavy (non-hydrogen) atoms. The highest BCUT2D eigenvalue weighted by Crippen LogP contribution is 2.17. The minimum absolute atomic E-state index is 0.0828. The predicted molar refractivity (Wildman–Crippen MR) is 66.4 cm³/mol. The number of rotatable bonds is 6. The number of hydrogen-bond acceptors (Lipinski definition) is 3. The Morgan fingerprint density at radius 3 is 2.56 bits per heavy atom. The molecule has 1 aliphatic rings. The molecule has 4 nitrogen and oxygen atoms in total. The molecule has 0 radical (unpaired) electrons. The molecule has 1 saturated carbocycles.